The molecule has 1 fully saturated rings. The lowest BCUT2D eigenvalue weighted by Gasteiger charge is -2.32. The number of aryl methyl sites for hydroxylation is 3. The molecule has 1 saturated carbocycles. The highest BCUT2D eigenvalue weighted by Crippen LogP contribution is 2.51. The van der Waals surface area contributed by atoms with Crippen LogP contribution < -0.4 is 5.32 Å². The van der Waals surface area contributed by atoms with Gasteiger partial charge in [0.25, 0.3) is 0 Å². The molecule has 0 bridgehead atoms. The number of nitrogens with one attached hydrogen (secondary N) is 1. The smallest absolute Gasteiger partial charge is 0.455 e. The lowest BCUT2D eigenvalue weighted by molar-refractivity contribution is -0.288. The normalized spacial score (nSPS) is 18.5. The Bertz CT molecular complexity index is 1450. The number of nitrogens with zero attached hydrogens (tertiary/aromatic N) is 2. The molecule has 0 amide bonds. The predicted molar refractivity (Wildman–Crippen MR) is 146 cm³/mol. The standard InChI is InChI=1S/C30H34F5N3O4/c1-5-42-28(41)20-9-6-8-19(15-20)22-10-7-11-23(25(22)39)26(29(31,32)30(33,34)35)36-24-18(4)37-38(27(24)40)21-13-12-16(2)17(3)14-21/h7,10-14,19-20,26,36,39-40H,5-6,8-9,15H2,1-4H3. The van der Waals surface area contributed by atoms with Crippen LogP contribution in [-0.2, 0) is 9.53 Å². The van der Waals surface area contributed by atoms with Gasteiger partial charge in [0.05, 0.1) is 23.9 Å². The molecule has 228 valence electrons. The van der Waals surface area contributed by atoms with E-state index < -0.39 is 58.8 Å². The van der Waals surface area contributed by atoms with Crippen LogP contribution >= 0.6 is 0 Å². The molecule has 0 spiro atoms. The number of carbonyl (C=O) groups excluding carboxylic acids is 1. The molecule has 3 aromatic rings. The summed E-state index contributed by atoms with van der Waals surface area (Å²) in [6.45, 7) is 6.91. The Morgan fingerprint density at radius 3 is 2.45 bits per heavy atom. The van der Waals surface area contributed by atoms with E-state index in [1.165, 1.54) is 19.1 Å². The molecule has 4 rings (SSSR count). The number of anilines is 1. The van der Waals surface area contributed by atoms with Gasteiger partial charge in [-0.15, -0.1) is 0 Å². The number of benzene rings is 2. The fourth-order valence-electron chi connectivity index (χ4n) is 5.48. The summed E-state index contributed by atoms with van der Waals surface area (Å²) in [5.74, 6) is -8.12. The van der Waals surface area contributed by atoms with E-state index in [4.69, 9.17) is 4.74 Å². The number of aromatic nitrogens is 2. The molecular formula is C30H34F5N3O4. The number of rotatable bonds is 8. The van der Waals surface area contributed by atoms with Crippen molar-refractivity contribution in [2.45, 2.75) is 77.4 Å². The zero-order valence-corrected chi connectivity index (χ0v) is 23.7. The molecule has 3 N–H and O–H groups in total. The Labute approximate surface area is 240 Å². The van der Waals surface area contributed by atoms with E-state index in [2.05, 4.69) is 10.4 Å². The second-order valence-electron chi connectivity index (χ2n) is 10.8. The minimum Gasteiger partial charge on any atom is -0.507 e. The third kappa shape index (κ3) is 5.89. The molecule has 2 aromatic carbocycles. The first-order valence-corrected chi connectivity index (χ1v) is 13.7. The van der Waals surface area contributed by atoms with E-state index in [0.717, 1.165) is 21.9 Å². The number of para-hydroxylation sites is 1. The second kappa shape index (κ2) is 11.8. The van der Waals surface area contributed by atoms with Gasteiger partial charge in [-0.05, 0) is 81.7 Å². The van der Waals surface area contributed by atoms with Crippen LogP contribution in [0.5, 0.6) is 11.6 Å². The van der Waals surface area contributed by atoms with Gasteiger partial charge in [0, 0.05) is 5.56 Å². The summed E-state index contributed by atoms with van der Waals surface area (Å²) in [6, 6.07) is 6.01. The predicted octanol–water partition coefficient (Wildman–Crippen LogP) is 7.40. The van der Waals surface area contributed by atoms with Crippen molar-refractivity contribution < 1.29 is 41.7 Å². The van der Waals surface area contributed by atoms with Crippen molar-refractivity contribution in [1.82, 2.24) is 9.78 Å². The summed E-state index contributed by atoms with van der Waals surface area (Å²) < 4.78 is 78.0. The molecule has 0 aliphatic heterocycles. The van der Waals surface area contributed by atoms with E-state index in [1.54, 1.807) is 25.1 Å². The van der Waals surface area contributed by atoms with E-state index in [-0.39, 0.29) is 24.3 Å². The van der Waals surface area contributed by atoms with Crippen molar-refractivity contribution in [3.8, 4) is 17.3 Å². The molecule has 3 unspecified atom stereocenters. The largest absolute Gasteiger partial charge is 0.507 e. The van der Waals surface area contributed by atoms with Crippen molar-refractivity contribution >= 4 is 11.7 Å². The van der Waals surface area contributed by atoms with Crippen LogP contribution in [0.2, 0.25) is 0 Å². The SMILES string of the molecule is CCOC(=O)C1CCCC(c2cccc(C(Nc3c(C)nn(-c4ccc(C)c(C)c4)c3O)C(F)(F)C(F)(F)F)c2O)C1. The monoisotopic (exact) mass is 595 g/mol. The van der Waals surface area contributed by atoms with Gasteiger partial charge in [0.15, 0.2) is 0 Å². The van der Waals surface area contributed by atoms with Gasteiger partial charge in [-0.1, -0.05) is 30.7 Å². The van der Waals surface area contributed by atoms with Crippen LogP contribution in [0.15, 0.2) is 36.4 Å². The summed E-state index contributed by atoms with van der Waals surface area (Å²) in [5, 5.41) is 28.5. The van der Waals surface area contributed by atoms with Gasteiger partial charge in [-0.2, -0.15) is 31.7 Å². The van der Waals surface area contributed by atoms with Crippen LogP contribution in [0.1, 0.15) is 72.5 Å². The Balaban J connectivity index is 1.77. The van der Waals surface area contributed by atoms with Crippen LogP contribution in [-0.4, -0.2) is 44.7 Å². The molecule has 1 aromatic heterocycles. The number of hydrogen-bond donors (Lipinski definition) is 3. The topological polar surface area (TPSA) is 96.6 Å². The number of esters is 1. The zero-order valence-electron chi connectivity index (χ0n) is 23.7. The number of carbonyl (C=O) groups is 1. The van der Waals surface area contributed by atoms with Crippen LogP contribution in [0.4, 0.5) is 27.6 Å². The van der Waals surface area contributed by atoms with Crippen LogP contribution in [0.25, 0.3) is 5.69 Å². The van der Waals surface area contributed by atoms with Gasteiger partial charge >= 0.3 is 18.1 Å². The molecule has 1 aliphatic carbocycles. The van der Waals surface area contributed by atoms with Crippen molar-refractivity contribution in [2.24, 2.45) is 5.92 Å². The van der Waals surface area contributed by atoms with E-state index >= 15 is 8.78 Å². The maximum absolute atomic E-state index is 15.2. The maximum atomic E-state index is 15.2. The minimum atomic E-state index is -6.00. The number of ether oxygens (including phenoxy) is 1. The second-order valence-corrected chi connectivity index (χ2v) is 10.8. The van der Waals surface area contributed by atoms with E-state index in [9.17, 15) is 28.2 Å². The molecular weight excluding hydrogens is 561 g/mol. The molecule has 1 aliphatic rings. The summed E-state index contributed by atoms with van der Waals surface area (Å²) in [5.41, 5.74) is 1.17. The fraction of sp³-hybridized carbons (Fsp3) is 0.467. The average Bonchev–Trinajstić information content (AvgIpc) is 3.21. The highest BCUT2D eigenvalue weighted by atomic mass is 19.4. The fourth-order valence-corrected chi connectivity index (χ4v) is 5.48. The number of halogens is 5. The molecule has 0 radical (unpaired) electrons. The van der Waals surface area contributed by atoms with Gasteiger partial charge in [0.2, 0.25) is 5.88 Å². The van der Waals surface area contributed by atoms with E-state index in [0.29, 0.717) is 24.9 Å². The third-order valence-electron chi connectivity index (χ3n) is 7.94. The first-order chi connectivity index (χ1) is 19.7. The van der Waals surface area contributed by atoms with Gasteiger partial charge < -0.3 is 20.3 Å². The Hall–Kier alpha value is -3.83. The lowest BCUT2D eigenvalue weighted by atomic mass is 9.77. The van der Waals surface area contributed by atoms with Gasteiger partial charge in [-0.3, -0.25) is 4.79 Å². The minimum absolute atomic E-state index is 0.0334. The average molecular weight is 596 g/mol. The van der Waals surface area contributed by atoms with Gasteiger partial charge in [0.1, 0.15) is 17.5 Å². The first kappa shape index (κ1) is 31.1. The number of phenolic OH excluding ortho intramolecular Hbond substituents is 1. The summed E-state index contributed by atoms with van der Waals surface area (Å²) in [6.07, 6.45) is -4.10. The quantitative estimate of drug-likeness (QED) is 0.186. The van der Waals surface area contributed by atoms with Crippen LogP contribution in [0.3, 0.4) is 0 Å². The molecule has 3 atom stereocenters. The number of aromatic hydroxyl groups is 2. The van der Waals surface area contributed by atoms with Crippen molar-refractivity contribution in [1.29, 1.82) is 0 Å². The van der Waals surface area contributed by atoms with Crippen molar-refractivity contribution in [3.05, 3.63) is 64.3 Å². The van der Waals surface area contributed by atoms with Crippen molar-refractivity contribution in [2.75, 3.05) is 11.9 Å². The summed E-state index contributed by atoms with van der Waals surface area (Å²) >= 11 is 0. The maximum Gasteiger partial charge on any atom is 0.455 e. The molecule has 12 heteroatoms. The Kier molecular flexibility index (Phi) is 8.75. The lowest BCUT2D eigenvalue weighted by Crippen LogP contribution is -2.45. The molecule has 1 heterocycles. The highest BCUT2D eigenvalue weighted by molar-refractivity contribution is 5.72. The Morgan fingerprint density at radius 1 is 1.10 bits per heavy atom. The highest BCUT2D eigenvalue weighted by Gasteiger charge is 2.63. The number of hydrogen-bond acceptors (Lipinski definition) is 6. The van der Waals surface area contributed by atoms with Gasteiger partial charge in [-0.25, -0.2) is 0 Å². The Morgan fingerprint density at radius 2 is 1.81 bits per heavy atom. The number of alkyl halides is 5. The zero-order chi connectivity index (χ0) is 31.0. The molecule has 0 saturated heterocycles. The molecule has 42 heavy (non-hydrogen) atoms. The summed E-state index contributed by atoms with van der Waals surface area (Å²) in [7, 11) is 0. The molecule has 7 nitrogen and oxygen atoms in total. The third-order valence-corrected chi connectivity index (χ3v) is 7.94. The van der Waals surface area contributed by atoms with E-state index in [1.807, 2.05) is 13.8 Å². The first-order valence-electron chi connectivity index (χ1n) is 13.7. The van der Waals surface area contributed by atoms with Crippen molar-refractivity contribution in [3.63, 3.8) is 0 Å². The van der Waals surface area contributed by atoms with Crippen LogP contribution in [0, 0.1) is 26.7 Å². The number of phenols is 1. The summed E-state index contributed by atoms with van der Waals surface area (Å²) in [4.78, 5) is 12.3.